The Bertz CT molecular complexity index is 803. The van der Waals surface area contributed by atoms with Gasteiger partial charge in [-0.05, 0) is 13.3 Å². The Kier molecular flexibility index (Phi) is 6.03. The summed E-state index contributed by atoms with van der Waals surface area (Å²) in [6, 6.07) is -0.390. The highest BCUT2D eigenvalue weighted by molar-refractivity contribution is 7.86. The predicted molar refractivity (Wildman–Crippen MR) is 91.9 cm³/mol. The van der Waals surface area contributed by atoms with E-state index in [1.54, 1.807) is 6.92 Å². The van der Waals surface area contributed by atoms with Crippen LogP contribution >= 0.6 is 0 Å². The number of aryl methyl sites for hydroxylation is 1. The summed E-state index contributed by atoms with van der Waals surface area (Å²) in [4.78, 5) is 31.8. The van der Waals surface area contributed by atoms with Crippen molar-refractivity contribution < 1.29 is 26.9 Å². The molecule has 2 heterocycles. The van der Waals surface area contributed by atoms with Crippen molar-refractivity contribution in [1.29, 1.82) is 0 Å². The van der Waals surface area contributed by atoms with Crippen LogP contribution in [0.4, 0.5) is 4.79 Å². The molecular weight excluding hydrogens is 364 g/mol. The summed E-state index contributed by atoms with van der Waals surface area (Å²) in [5, 5.41) is 0. The molecule has 0 bridgehead atoms. The summed E-state index contributed by atoms with van der Waals surface area (Å²) in [6.45, 7) is 5.30. The van der Waals surface area contributed by atoms with Gasteiger partial charge < -0.3 is 20.4 Å². The van der Waals surface area contributed by atoms with Gasteiger partial charge in [0.1, 0.15) is 6.61 Å². The molecule has 1 aromatic rings. The number of H-pyrrole nitrogens is 1. The van der Waals surface area contributed by atoms with Gasteiger partial charge in [-0.3, -0.25) is 8.98 Å². The van der Waals surface area contributed by atoms with Gasteiger partial charge in [0.2, 0.25) is 0 Å². The maximum atomic E-state index is 12.3. The summed E-state index contributed by atoms with van der Waals surface area (Å²) < 4.78 is 32.9. The fourth-order valence-electron chi connectivity index (χ4n) is 2.87. The Hall–Kier alpha value is -2.40. The van der Waals surface area contributed by atoms with Crippen LogP contribution in [0.25, 0.3) is 0 Å². The van der Waals surface area contributed by atoms with Gasteiger partial charge in [0.05, 0.1) is 24.6 Å². The van der Waals surface area contributed by atoms with E-state index in [2.05, 4.69) is 16.5 Å². The van der Waals surface area contributed by atoms with Crippen molar-refractivity contribution >= 4 is 22.1 Å². The number of nitrogens with zero attached hydrogens (tertiary/aromatic N) is 2. The topological polar surface area (TPSA) is 145 Å². The van der Waals surface area contributed by atoms with Crippen LogP contribution in [0.15, 0.2) is 12.7 Å². The minimum absolute atomic E-state index is 0.0280. The molecule has 10 nitrogen and oxygen atoms in total. The van der Waals surface area contributed by atoms with Gasteiger partial charge in [0, 0.05) is 18.2 Å². The number of carbonyl (C=O) groups excluding carboxylic acids is 2. The number of rotatable bonds is 7. The summed E-state index contributed by atoms with van der Waals surface area (Å²) >= 11 is 0. The first kappa shape index (κ1) is 19.9. The molecule has 1 fully saturated rings. The number of aromatic nitrogens is 2. The Balaban J connectivity index is 2.19. The highest BCUT2D eigenvalue weighted by Crippen LogP contribution is 2.26. The number of nitrogens with two attached hydrogens (primary N) is 1. The lowest BCUT2D eigenvalue weighted by molar-refractivity contribution is 0.0988. The van der Waals surface area contributed by atoms with Crippen LogP contribution in [0.2, 0.25) is 0 Å². The predicted octanol–water partition coefficient (Wildman–Crippen LogP) is 0.101. The van der Waals surface area contributed by atoms with Crippen molar-refractivity contribution in [3.63, 3.8) is 0 Å². The Morgan fingerprint density at radius 3 is 2.73 bits per heavy atom. The Labute approximate surface area is 151 Å². The van der Waals surface area contributed by atoms with Crippen molar-refractivity contribution in [3.05, 3.63) is 29.9 Å². The van der Waals surface area contributed by atoms with E-state index in [1.165, 1.54) is 11.0 Å². The highest BCUT2D eigenvalue weighted by Gasteiger charge is 2.39. The normalized spacial score (nSPS) is 20.2. The fourth-order valence-corrected chi connectivity index (χ4v) is 3.50. The van der Waals surface area contributed by atoms with E-state index in [0.29, 0.717) is 24.2 Å². The SMILES string of the molecule is C=CCOC(=O)N1C[C@H](OS(C)(=O)=O)C[C@H]1Cc1[nH]c(C(N)=O)nc1C. The number of ether oxygens (including phenoxy) is 1. The molecule has 1 aliphatic heterocycles. The number of hydrogen-bond donors (Lipinski definition) is 2. The van der Waals surface area contributed by atoms with Gasteiger partial charge in [0.15, 0.2) is 5.82 Å². The van der Waals surface area contributed by atoms with Crippen LogP contribution < -0.4 is 5.73 Å². The van der Waals surface area contributed by atoms with E-state index in [4.69, 9.17) is 14.7 Å². The smallest absolute Gasteiger partial charge is 0.410 e. The number of nitrogens with one attached hydrogen (secondary N) is 1. The summed E-state index contributed by atoms with van der Waals surface area (Å²) in [5.74, 6) is -0.661. The molecule has 1 aliphatic rings. The molecule has 1 aromatic heterocycles. The molecule has 2 atom stereocenters. The molecule has 2 amide bonds. The van der Waals surface area contributed by atoms with Crippen LogP contribution in [0.5, 0.6) is 0 Å². The molecular formula is C15H22N4O6S. The second-order valence-corrected chi connectivity index (χ2v) is 7.65. The van der Waals surface area contributed by atoms with Crippen molar-refractivity contribution in [2.24, 2.45) is 5.73 Å². The molecule has 2 rings (SSSR count). The number of primary amides is 1. The molecule has 11 heteroatoms. The lowest BCUT2D eigenvalue weighted by Crippen LogP contribution is -2.38. The van der Waals surface area contributed by atoms with Gasteiger partial charge in [0.25, 0.3) is 16.0 Å². The maximum Gasteiger partial charge on any atom is 0.410 e. The van der Waals surface area contributed by atoms with Gasteiger partial charge >= 0.3 is 6.09 Å². The van der Waals surface area contributed by atoms with Gasteiger partial charge in [-0.25, -0.2) is 9.78 Å². The lowest BCUT2D eigenvalue weighted by atomic mass is 10.1. The van der Waals surface area contributed by atoms with E-state index in [9.17, 15) is 18.0 Å². The van der Waals surface area contributed by atoms with Gasteiger partial charge in [-0.15, -0.1) is 0 Å². The van der Waals surface area contributed by atoms with E-state index < -0.39 is 28.2 Å². The van der Waals surface area contributed by atoms with Gasteiger partial charge in [-0.1, -0.05) is 12.7 Å². The third-order valence-electron chi connectivity index (χ3n) is 3.90. The average Bonchev–Trinajstić information content (AvgIpc) is 3.08. The molecule has 0 unspecified atom stereocenters. The third-order valence-corrected chi connectivity index (χ3v) is 4.53. The number of carbonyl (C=O) groups is 2. The lowest BCUT2D eigenvalue weighted by Gasteiger charge is -2.23. The Morgan fingerprint density at radius 2 is 2.19 bits per heavy atom. The summed E-state index contributed by atoms with van der Waals surface area (Å²) in [6.07, 6.45) is 1.73. The zero-order valence-electron chi connectivity index (χ0n) is 14.6. The first-order valence-electron chi connectivity index (χ1n) is 7.88. The van der Waals surface area contributed by atoms with Crippen molar-refractivity contribution in [1.82, 2.24) is 14.9 Å². The second kappa shape index (κ2) is 7.87. The molecule has 0 spiro atoms. The van der Waals surface area contributed by atoms with Crippen LogP contribution in [0, 0.1) is 6.92 Å². The molecule has 1 saturated heterocycles. The monoisotopic (exact) mass is 386 g/mol. The molecule has 0 aromatic carbocycles. The molecule has 3 N–H and O–H groups in total. The number of hydrogen-bond acceptors (Lipinski definition) is 7. The molecule has 26 heavy (non-hydrogen) atoms. The van der Waals surface area contributed by atoms with Crippen molar-refractivity contribution in [3.8, 4) is 0 Å². The number of aromatic amines is 1. The first-order valence-corrected chi connectivity index (χ1v) is 9.70. The second-order valence-electron chi connectivity index (χ2n) is 6.05. The molecule has 144 valence electrons. The molecule has 0 aliphatic carbocycles. The standard InChI is InChI=1S/C15H22N4O6S/c1-4-5-24-15(21)19-8-11(25-26(3,22)23)6-10(19)7-12-9(2)17-14(18-12)13(16)20/h4,10-11H,1,5-8H2,2-3H3,(H2,16,20)(H,17,18)/t10-,11+/m0/s1. The van der Waals surface area contributed by atoms with Crippen molar-refractivity contribution in [2.45, 2.75) is 31.9 Å². The molecule has 0 saturated carbocycles. The summed E-state index contributed by atoms with van der Waals surface area (Å²) in [5.41, 5.74) is 6.42. The third kappa shape index (κ3) is 5.05. The van der Waals surface area contributed by atoms with E-state index in [-0.39, 0.29) is 25.0 Å². The zero-order valence-corrected chi connectivity index (χ0v) is 15.4. The fraction of sp³-hybridized carbons (Fsp3) is 0.533. The zero-order chi connectivity index (χ0) is 19.5. The number of likely N-dealkylation sites (tertiary alicyclic amines) is 1. The van der Waals surface area contributed by atoms with E-state index >= 15 is 0 Å². The van der Waals surface area contributed by atoms with E-state index in [1.807, 2.05) is 0 Å². The Morgan fingerprint density at radius 1 is 1.50 bits per heavy atom. The highest BCUT2D eigenvalue weighted by atomic mass is 32.2. The van der Waals surface area contributed by atoms with Crippen LogP contribution in [0.3, 0.4) is 0 Å². The van der Waals surface area contributed by atoms with E-state index in [0.717, 1.165) is 6.26 Å². The molecule has 0 radical (unpaired) electrons. The minimum Gasteiger partial charge on any atom is -0.445 e. The largest absolute Gasteiger partial charge is 0.445 e. The van der Waals surface area contributed by atoms with Gasteiger partial charge in [-0.2, -0.15) is 8.42 Å². The number of imidazole rings is 1. The van der Waals surface area contributed by atoms with Crippen molar-refractivity contribution in [2.75, 3.05) is 19.4 Å². The maximum absolute atomic E-state index is 12.3. The van der Waals surface area contributed by atoms with Crippen LogP contribution in [-0.4, -0.2) is 66.8 Å². The first-order chi connectivity index (χ1) is 12.1. The number of amides is 2. The average molecular weight is 386 g/mol. The quantitative estimate of drug-likeness (QED) is 0.499. The minimum atomic E-state index is -3.66. The van der Waals surface area contributed by atoms with Crippen LogP contribution in [-0.2, 0) is 25.5 Å². The van der Waals surface area contributed by atoms with Crippen LogP contribution in [0.1, 0.15) is 28.4 Å². The summed E-state index contributed by atoms with van der Waals surface area (Å²) in [7, 11) is -3.66.